The molecule has 1 aliphatic rings. The summed E-state index contributed by atoms with van der Waals surface area (Å²) in [5.74, 6) is -2.72. The molecule has 0 aliphatic heterocycles. The number of rotatable bonds is 2. The fourth-order valence-electron chi connectivity index (χ4n) is 1.77. The zero-order valence-corrected chi connectivity index (χ0v) is 12.5. The van der Waals surface area contributed by atoms with E-state index >= 15 is 0 Å². The van der Waals surface area contributed by atoms with Gasteiger partial charge in [0.05, 0.1) is 0 Å². The molecule has 2 atom stereocenters. The number of halogens is 2. The van der Waals surface area contributed by atoms with Gasteiger partial charge in [0.2, 0.25) is 0 Å². The molecule has 0 unspecified atom stereocenters. The number of hydrogen-bond donors (Lipinski definition) is 1. The molecule has 0 bridgehead atoms. The van der Waals surface area contributed by atoms with Crippen LogP contribution in [0.1, 0.15) is 40.0 Å². The highest BCUT2D eigenvalue weighted by Gasteiger charge is 2.49. The third-order valence-corrected chi connectivity index (χ3v) is 8.57. The Bertz CT molecular complexity index is 276. The Labute approximate surface area is 104 Å². The van der Waals surface area contributed by atoms with E-state index < -0.39 is 20.3 Å². The lowest BCUT2D eigenvalue weighted by atomic mass is 9.90. The van der Waals surface area contributed by atoms with Crippen LogP contribution in [-0.2, 0) is 4.43 Å². The van der Waals surface area contributed by atoms with Crippen molar-refractivity contribution in [2.45, 2.75) is 76.2 Å². The van der Waals surface area contributed by atoms with E-state index in [2.05, 4.69) is 20.8 Å². The largest absolute Gasteiger partial charge is 0.408 e. The van der Waals surface area contributed by atoms with Gasteiger partial charge < -0.3 is 10.2 Å². The number of nitrogens with two attached hydrogens (primary N) is 1. The molecule has 0 aromatic rings. The molecule has 0 aromatic carbocycles. The Kier molecular flexibility index (Phi) is 4.07. The van der Waals surface area contributed by atoms with Gasteiger partial charge in [0.1, 0.15) is 6.10 Å². The third kappa shape index (κ3) is 3.48. The standard InChI is InChI=1S/C12H25F2NOSi/c1-11(2,3)17(4,5)16-10-8-9(15)6-7-12(10,13)14/h9-10H,6-8,15H2,1-5H3/t9-,10-/m1/s1. The highest BCUT2D eigenvalue weighted by Crippen LogP contribution is 2.42. The van der Waals surface area contributed by atoms with Gasteiger partial charge in [-0.15, -0.1) is 0 Å². The second kappa shape index (κ2) is 4.59. The van der Waals surface area contributed by atoms with E-state index in [0.29, 0.717) is 6.42 Å². The fourth-order valence-corrected chi connectivity index (χ4v) is 3.10. The van der Waals surface area contributed by atoms with Gasteiger partial charge in [-0.25, -0.2) is 8.78 Å². The smallest absolute Gasteiger partial charge is 0.272 e. The van der Waals surface area contributed by atoms with E-state index in [0.717, 1.165) is 0 Å². The van der Waals surface area contributed by atoms with Gasteiger partial charge in [-0.05, 0) is 31.0 Å². The first-order chi connectivity index (χ1) is 7.46. The Morgan fingerprint density at radius 2 is 1.82 bits per heavy atom. The highest BCUT2D eigenvalue weighted by atomic mass is 28.4. The molecule has 102 valence electrons. The molecule has 1 aliphatic carbocycles. The lowest BCUT2D eigenvalue weighted by Gasteiger charge is -2.43. The van der Waals surface area contributed by atoms with E-state index in [1.165, 1.54) is 0 Å². The molecule has 17 heavy (non-hydrogen) atoms. The van der Waals surface area contributed by atoms with Crippen LogP contribution in [0.3, 0.4) is 0 Å². The predicted octanol–water partition coefficient (Wildman–Crippen LogP) is 3.52. The SMILES string of the molecule is CC(C)(C)[Si](C)(C)O[C@@H]1C[C@H](N)CCC1(F)F. The Hall–Kier alpha value is -0.00312. The van der Waals surface area contributed by atoms with E-state index in [4.69, 9.17) is 10.2 Å². The van der Waals surface area contributed by atoms with Crippen LogP contribution in [0, 0.1) is 0 Å². The second-order valence-electron chi connectivity index (χ2n) is 6.66. The molecule has 2 N–H and O–H groups in total. The lowest BCUT2D eigenvalue weighted by Crippen LogP contribution is -2.53. The first-order valence-electron chi connectivity index (χ1n) is 6.27. The monoisotopic (exact) mass is 265 g/mol. The van der Waals surface area contributed by atoms with Gasteiger partial charge in [0.25, 0.3) is 5.92 Å². The summed E-state index contributed by atoms with van der Waals surface area (Å²) in [6.45, 7) is 10.2. The van der Waals surface area contributed by atoms with E-state index in [1.54, 1.807) is 0 Å². The molecule has 1 fully saturated rings. The van der Waals surface area contributed by atoms with Crippen molar-refractivity contribution in [3.8, 4) is 0 Å². The molecule has 5 heteroatoms. The minimum Gasteiger partial charge on any atom is -0.408 e. The van der Waals surface area contributed by atoms with Gasteiger partial charge in [-0.3, -0.25) is 0 Å². The maximum Gasteiger partial charge on any atom is 0.272 e. The second-order valence-corrected chi connectivity index (χ2v) is 11.4. The average Bonchev–Trinajstić information content (AvgIpc) is 2.10. The van der Waals surface area contributed by atoms with Crippen molar-refractivity contribution in [1.82, 2.24) is 0 Å². The number of alkyl halides is 2. The summed E-state index contributed by atoms with van der Waals surface area (Å²) in [6, 6.07) is -0.149. The summed E-state index contributed by atoms with van der Waals surface area (Å²) in [5, 5.41) is -0.0510. The normalized spacial score (nSPS) is 30.4. The lowest BCUT2D eigenvalue weighted by molar-refractivity contribution is -0.127. The summed E-state index contributed by atoms with van der Waals surface area (Å²) >= 11 is 0. The molecule has 0 saturated heterocycles. The van der Waals surface area contributed by atoms with Crippen molar-refractivity contribution in [3.05, 3.63) is 0 Å². The quantitative estimate of drug-likeness (QED) is 0.775. The minimum absolute atomic E-state index is 0.0510. The van der Waals surface area contributed by atoms with Crippen LogP contribution >= 0.6 is 0 Å². The van der Waals surface area contributed by atoms with Crippen molar-refractivity contribution in [1.29, 1.82) is 0 Å². The maximum atomic E-state index is 13.8. The maximum absolute atomic E-state index is 13.8. The van der Waals surface area contributed by atoms with Gasteiger partial charge in [0, 0.05) is 12.5 Å². The Morgan fingerprint density at radius 3 is 2.29 bits per heavy atom. The van der Waals surface area contributed by atoms with Crippen molar-refractivity contribution in [2.75, 3.05) is 0 Å². The molecule has 0 aromatic heterocycles. The molecule has 0 radical (unpaired) electrons. The van der Waals surface area contributed by atoms with Gasteiger partial charge >= 0.3 is 0 Å². The molecule has 0 amide bonds. The van der Waals surface area contributed by atoms with Crippen molar-refractivity contribution >= 4 is 8.32 Å². The van der Waals surface area contributed by atoms with Crippen LogP contribution in [0.25, 0.3) is 0 Å². The predicted molar refractivity (Wildman–Crippen MR) is 68.8 cm³/mol. The van der Waals surface area contributed by atoms with E-state index in [1.807, 2.05) is 13.1 Å². The topological polar surface area (TPSA) is 35.2 Å². The summed E-state index contributed by atoms with van der Waals surface area (Å²) < 4.78 is 33.4. The molecular weight excluding hydrogens is 240 g/mol. The Balaban J connectivity index is 2.78. The van der Waals surface area contributed by atoms with Gasteiger partial charge in [-0.2, -0.15) is 0 Å². The van der Waals surface area contributed by atoms with Crippen LogP contribution in [0.5, 0.6) is 0 Å². The third-order valence-electron chi connectivity index (χ3n) is 4.08. The Morgan fingerprint density at radius 1 is 1.29 bits per heavy atom. The van der Waals surface area contributed by atoms with Crippen LogP contribution in [0.2, 0.25) is 18.1 Å². The molecule has 2 nitrogen and oxygen atoms in total. The van der Waals surface area contributed by atoms with Crippen molar-refractivity contribution in [3.63, 3.8) is 0 Å². The molecule has 1 rings (SSSR count). The molecular formula is C12H25F2NOSi. The van der Waals surface area contributed by atoms with Crippen LogP contribution in [0.4, 0.5) is 8.78 Å². The highest BCUT2D eigenvalue weighted by molar-refractivity contribution is 6.74. The van der Waals surface area contributed by atoms with Crippen LogP contribution in [-0.4, -0.2) is 26.4 Å². The molecule has 0 spiro atoms. The minimum atomic E-state index is -2.72. The van der Waals surface area contributed by atoms with Gasteiger partial charge in [-0.1, -0.05) is 20.8 Å². The molecule has 0 heterocycles. The van der Waals surface area contributed by atoms with E-state index in [9.17, 15) is 8.78 Å². The zero-order valence-electron chi connectivity index (χ0n) is 11.5. The van der Waals surface area contributed by atoms with Gasteiger partial charge in [0.15, 0.2) is 8.32 Å². The van der Waals surface area contributed by atoms with Crippen LogP contribution < -0.4 is 5.73 Å². The summed E-state index contributed by atoms with van der Waals surface area (Å²) in [5.41, 5.74) is 5.78. The summed E-state index contributed by atoms with van der Waals surface area (Å²) in [6.07, 6.45) is -0.468. The first-order valence-corrected chi connectivity index (χ1v) is 9.18. The fraction of sp³-hybridized carbons (Fsp3) is 1.00. The average molecular weight is 265 g/mol. The number of hydrogen-bond acceptors (Lipinski definition) is 2. The first kappa shape index (κ1) is 15.1. The zero-order chi connectivity index (χ0) is 13.5. The van der Waals surface area contributed by atoms with Crippen molar-refractivity contribution < 1.29 is 13.2 Å². The summed E-state index contributed by atoms with van der Waals surface area (Å²) in [7, 11) is -2.15. The van der Waals surface area contributed by atoms with Crippen molar-refractivity contribution in [2.24, 2.45) is 5.73 Å². The van der Waals surface area contributed by atoms with E-state index in [-0.39, 0.29) is 23.9 Å². The summed E-state index contributed by atoms with van der Waals surface area (Å²) in [4.78, 5) is 0. The van der Waals surface area contributed by atoms with Crippen LogP contribution in [0.15, 0.2) is 0 Å². The molecule has 1 saturated carbocycles.